The van der Waals surface area contributed by atoms with Gasteiger partial charge in [-0.3, -0.25) is 0 Å². The van der Waals surface area contributed by atoms with Gasteiger partial charge < -0.3 is 9.32 Å². The van der Waals surface area contributed by atoms with Crippen LogP contribution in [0.25, 0.3) is 98.8 Å². The average Bonchev–Trinajstić information content (AvgIpc) is 3.72. The highest BCUT2D eigenvalue weighted by atomic mass is 16.3. The van der Waals surface area contributed by atoms with Crippen molar-refractivity contribution in [1.82, 2.24) is 0 Å². The molecule has 12 rings (SSSR count). The first-order valence-corrected chi connectivity index (χ1v) is 21.2. The lowest BCUT2D eigenvalue weighted by Crippen LogP contribution is -2.10. The molecule has 2 heteroatoms. The summed E-state index contributed by atoms with van der Waals surface area (Å²) in [5, 5.41) is 9.83. The highest BCUT2D eigenvalue weighted by molar-refractivity contribution is 6.09. The molecule has 0 unspecified atom stereocenters. The number of hydrogen-bond acceptors (Lipinski definition) is 2. The first kappa shape index (κ1) is 35.7. The van der Waals surface area contributed by atoms with Crippen molar-refractivity contribution in [2.75, 3.05) is 4.90 Å². The zero-order valence-electron chi connectivity index (χ0n) is 33.9. The zero-order chi connectivity index (χ0) is 41.0. The van der Waals surface area contributed by atoms with Crippen molar-refractivity contribution < 1.29 is 4.42 Å². The number of nitrogens with zero attached hydrogens (tertiary/aromatic N) is 1. The summed E-state index contributed by atoms with van der Waals surface area (Å²) in [7, 11) is 0. The SMILES string of the molecule is c1cc(-c2ccc3oc4ccccc4c3c2)cc(N(c2ccc(-c3ccc(-c4ccc5ccccc5c4)cc3)cc2)c2ccc(-c3ccc4c(ccc5ccccc54)c3)cc2)c1. The Hall–Kier alpha value is -8.20. The lowest BCUT2D eigenvalue weighted by Gasteiger charge is -2.26. The Labute approximate surface area is 360 Å². The summed E-state index contributed by atoms with van der Waals surface area (Å²) in [5.74, 6) is 0. The van der Waals surface area contributed by atoms with Crippen LogP contribution in [0.3, 0.4) is 0 Å². The van der Waals surface area contributed by atoms with Crippen molar-refractivity contribution >= 4 is 71.3 Å². The van der Waals surface area contributed by atoms with Gasteiger partial charge in [-0.1, -0.05) is 170 Å². The molecule has 12 aromatic rings. The van der Waals surface area contributed by atoms with E-state index in [-0.39, 0.29) is 0 Å². The molecule has 290 valence electrons. The fourth-order valence-electron chi connectivity index (χ4n) is 9.20. The van der Waals surface area contributed by atoms with E-state index >= 15 is 0 Å². The molecule has 0 saturated heterocycles. The van der Waals surface area contributed by atoms with Crippen molar-refractivity contribution in [3.8, 4) is 44.5 Å². The molecule has 0 bridgehead atoms. The van der Waals surface area contributed by atoms with Crippen LogP contribution in [0, 0.1) is 0 Å². The minimum Gasteiger partial charge on any atom is -0.456 e. The molecule has 0 saturated carbocycles. The van der Waals surface area contributed by atoms with Gasteiger partial charge in [-0.25, -0.2) is 0 Å². The molecule has 0 radical (unpaired) electrons. The quantitative estimate of drug-likeness (QED) is 0.150. The Morgan fingerprint density at radius 1 is 0.226 bits per heavy atom. The van der Waals surface area contributed by atoms with Crippen LogP contribution in [-0.2, 0) is 0 Å². The molecule has 0 N–H and O–H groups in total. The first-order chi connectivity index (χ1) is 30.7. The van der Waals surface area contributed by atoms with E-state index in [0.717, 1.165) is 50.1 Å². The lowest BCUT2D eigenvalue weighted by atomic mass is 9.97. The van der Waals surface area contributed by atoms with Crippen LogP contribution < -0.4 is 4.90 Å². The molecular weight excluding hydrogens is 751 g/mol. The molecule has 0 atom stereocenters. The number of para-hydroxylation sites is 1. The normalized spacial score (nSPS) is 11.5. The molecule has 0 aliphatic rings. The Kier molecular flexibility index (Phi) is 8.53. The van der Waals surface area contributed by atoms with Crippen molar-refractivity contribution in [1.29, 1.82) is 0 Å². The van der Waals surface area contributed by atoms with Gasteiger partial charge in [-0.2, -0.15) is 0 Å². The lowest BCUT2D eigenvalue weighted by molar-refractivity contribution is 0.669. The maximum absolute atomic E-state index is 6.17. The summed E-state index contributed by atoms with van der Waals surface area (Å²) in [4.78, 5) is 2.36. The van der Waals surface area contributed by atoms with E-state index < -0.39 is 0 Å². The number of anilines is 3. The molecule has 0 amide bonds. The molecule has 0 spiro atoms. The predicted molar refractivity (Wildman–Crippen MR) is 263 cm³/mol. The second-order valence-corrected chi connectivity index (χ2v) is 16.2. The van der Waals surface area contributed by atoms with Gasteiger partial charge in [-0.15, -0.1) is 0 Å². The Balaban J connectivity index is 0.905. The van der Waals surface area contributed by atoms with Crippen molar-refractivity contribution in [3.05, 3.63) is 237 Å². The summed E-state index contributed by atoms with van der Waals surface area (Å²) in [6.45, 7) is 0. The molecule has 11 aromatic carbocycles. The number of furan rings is 1. The molecule has 0 fully saturated rings. The molecule has 0 aliphatic carbocycles. The van der Waals surface area contributed by atoms with Crippen LogP contribution in [-0.4, -0.2) is 0 Å². The van der Waals surface area contributed by atoms with E-state index in [4.69, 9.17) is 4.42 Å². The van der Waals surface area contributed by atoms with Crippen molar-refractivity contribution in [2.24, 2.45) is 0 Å². The van der Waals surface area contributed by atoms with E-state index in [2.05, 4.69) is 229 Å². The van der Waals surface area contributed by atoms with Crippen LogP contribution in [0.4, 0.5) is 17.1 Å². The van der Waals surface area contributed by atoms with Gasteiger partial charge in [0.15, 0.2) is 0 Å². The fraction of sp³-hybridized carbons (Fsp3) is 0. The molecular formula is C60H39NO. The van der Waals surface area contributed by atoms with E-state index in [9.17, 15) is 0 Å². The average molecular weight is 790 g/mol. The maximum Gasteiger partial charge on any atom is 0.135 e. The number of benzene rings is 11. The molecule has 1 heterocycles. The topological polar surface area (TPSA) is 16.4 Å². The molecule has 1 aromatic heterocycles. The number of hydrogen-bond donors (Lipinski definition) is 0. The van der Waals surface area contributed by atoms with Gasteiger partial charge in [0, 0.05) is 27.8 Å². The predicted octanol–water partition coefficient (Wildman–Crippen LogP) is 17.2. The summed E-state index contributed by atoms with van der Waals surface area (Å²) < 4.78 is 6.17. The van der Waals surface area contributed by atoms with Gasteiger partial charge in [0.2, 0.25) is 0 Å². The van der Waals surface area contributed by atoms with Gasteiger partial charge in [0.1, 0.15) is 11.2 Å². The molecule has 62 heavy (non-hydrogen) atoms. The summed E-state index contributed by atoms with van der Waals surface area (Å²) >= 11 is 0. The summed E-state index contributed by atoms with van der Waals surface area (Å²) in [5.41, 5.74) is 14.5. The highest BCUT2D eigenvalue weighted by Gasteiger charge is 2.16. The van der Waals surface area contributed by atoms with Crippen LogP contribution >= 0.6 is 0 Å². The van der Waals surface area contributed by atoms with Gasteiger partial charge >= 0.3 is 0 Å². The van der Waals surface area contributed by atoms with Crippen LogP contribution in [0.15, 0.2) is 241 Å². The Bertz CT molecular complexity index is 3620. The van der Waals surface area contributed by atoms with E-state index in [1.165, 1.54) is 65.7 Å². The molecule has 0 aliphatic heterocycles. The smallest absolute Gasteiger partial charge is 0.135 e. The minimum absolute atomic E-state index is 0.899. The molecule has 2 nitrogen and oxygen atoms in total. The monoisotopic (exact) mass is 789 g/mol. The summed E-state index contributed by atoms with van der Waals surface area (Å²) in [6, 6.07) is 85.6. The first-order valence-electron chi connectivity index (χ1n) is 21.2. The van der Waals surface area contributed by atoms with Gasteiger partial charge in [0.25, 0.3) is 0 Å². The Morgan fingerprint density at radius 2 is 0.694 bits per heavy atom. The second-order valence-electron chi connectivity index (χ2n) is 16.2. The van der Waals surface area contributed by atoms with Crippen LogP contribution in [0.2, 0.25) is 0 Å². The van der Waals surface area contributed by atoms with Crippen molar-refractivity contribution in [3.63, 3.8) is 0 Å². The van der Waals surface area contributed by atoms with E-state index in [1.54, 1.807) is 0 Å². The van der Waals surface area contributed by atoms with Gasteiger partial charge in [-0.05, 0) is 144 Å². The summed E-state index contributed by atoms with van der Waals surface area (Å²) in [6.07, 6.45) is 0. The zero-order valence-corrected chi connectivity index (χ0v) is 33.9. The van der Waals surface area contributed by atoms with Crippen LogP contribution in [0.1, 0.15) is 0 Å². The third-order valence-corrected chi connectivity index (χ3v) is 12.4. The number of fused-ring (bicyclic) bond motifs is 7. The van der Waals surface area contributed by atoms with Crippen molar-refractivity contribution in [2.45, 2.75) is 0 Å². The van der Waals surface area contributed by atoms with E-state index in [1.807, 2.05) is 12.1 Å². The van der Waals surface area contributed by atoms with E-state index in [0.29, 0.717) is 0 Å². The third-order valence-electron chi connectivity index (χ3n) is 12.4. The third kappa shape index (κ3) is 6.38. The highest BCUT2D eigenvalue weighted by Crippen LogP contribution is 2.40. The standard InChI is InChI=1S/C60H39NO/c1-2-10-46-36-48(22-20-40(46)8-1)43-18-16-41(17-19-43)42-24-30-52(31-25-42)61(54-12-7-11-47(38-54)50-29-35-60-58(39-50)57-14-5-6-15-59(57)62-60)53-32-26-44(27-33-53)49-28-34-56-51(37-49)23-21-45-9-3-4-13-55(45)56/h1-39H. The number of rotatable bonds is 7. The maximum atomic E-state index is 6.17. The Morgan fingerprint density at radius 3 is 1.44 bits per heavy atom. The largest absolute Gasteiger partial charge is 0.456 e. The van der Waals surface area contributed by atoms with Crippen LogP contribution in [0.5, 0.6) is 0 Å². The van der Waals surface area contributed by atoms with Gasteiger partial charge in [0.05, 0.1) is 0 Å². The minimum atomic E-state index is 0.899. The fourth-order valence-corrected chi connectivity index (χ4v) is 9.20. The second kappa shape index (κ2) is 14.8.